The third-order valence-electron chi connectivity index (χ3n) is 5.35. The van der Waals surface area contributed by atoms with Crippen LogP contribution in [0.15, 0.2) is 36.4 Å². The first-order chi connectivity index (χ1) is 15.5. The number of aromatic nitrogens is 1. The molecule has 5 N–H and O–H groups in total. The topological polar surface area (TPSA) is 130 Å². The second kappa shape index (κ2) is 7.78. The Morgan fingerprint density at radius 3 is 2.64 bits per heavy atom. The van der Waals surface area contributed by atoms with E-state index in [1.54, 1.807) is 18.0 Å². The molecule has 1 aliphatic rings. The average Bonchev–Trinajstić information content (AvgIpc) is 3.25. The van der Waals surface area contributed by atoms with Gasteiger partial charge in [-0.15, -0.1) is 0 Å². The fraction of sp³-hybridized carbons (Fsp3) is 0.250. The number of nitrogens with zero attached hydrogens (tertiary/aromatic N) is 2. The van der Waals surface area contributed by atoms with Crippen LogP contribution in [0.25, 0.3) is 10.2 Å². The van der Waals surface area contributed by atoms with Gasteiger partial charge >= 0.3 is 12.1 Å². The van der Waals surface area contributed by atoms with Crippen LogP contribution < -0.4 is 21.3 Å². The van der Waals surface area contributed by atoms with Crippen molar-refractivity contribution in [1.82, 2.24) is 4.98 Å². The summed E-state index contributed by atoms with van der Waals surface area (Å²) in [4.78, 5) is 29.6. The maximum absolute atomic E-state index is 13.1. The van der Waals surface area contributed by atoms with Crippen LogP contribution in [0.3, 0.4) is 0 Å². The number of primary amides is 1. The van der Waals surface area contributed by atoms with E-state index < -0.39 is 35.5 Å². The predicted octanol–water partition coefficient (Wildman–Crippen LogP) is 3.14. The van der Waals surface area contributed by atoms with Crippen molar-refractivity contribution < 1.29 is 32.6 Å². The molecular weight excluding hydrogens is 463 g/mol. The molecule has 0 saturated heterocycles. The minimum absolute atomic E-state index is 0.0122. The number of nitrogens with one attached hydrogen (secondary N) is 2. The molecular formula is C20H18F3N5O4S. The maximum Gasteiger partial charge on any atom is 0.416 e. The van der Waals surface area contributed by atoms with Gasteiger partial charge in [-0.3, -0.25) is 4.79 Å². The fourth-order valence-electron chi connectivity index (χ4n) is 3.77. The molecule has 0 bridgehead atoms. The van der Waals surface area contributed by atoms with Gasteiger partial charge in [0.05, 0.1) is 32.7 Å². The van der Waals surface area contributed by atoms with Crippen LogP contribution >= 0.6 is 11.3 Å². The second-order valence-corrected chi connectivity index (χ2v) is 8.36. The number of amides is 1. The molecule has 2 aromatic carbocycles. The van der Waals surface area contributed by atoms with E-state index in [0.717, 1.165) is 23.5 Å². The number of carbonyl (C=O) groups excluding carboxylic acids is 1. The van der Waals surface area contributed by atoms with Crippen LogP contribution in [-0.2, 0) is 15.7 Å². The zero-order chi connectivity index (χ0) is 24.1. The third-order valence-corrected chi connectivity index (χ3v) is 6.28. The van der Waals surface area contributed by atoms with Gasteiger partial charge in [-0.2, -0.15) is 13.2 Å². The molecule has 2 heterocycles. The number of benzene rings is 2. The molecule has 0 aliphatic carbocycles. The number of aromatic carboxylic acids is 1. The molecule has 0 fully saturated rings. The summed E-state index contributed by atoms with van der Waals surface area (Å²) in [6, 6.07) is 7.53. The first kappa shape index (κ1) is 22.6. The molecule has 0 radical (unpaired) electrons. The summed E-state index contributed by atoms with van der Waals surface area (Å²) < 4.78 is 44.9. The molecule has 3 aromatic rings. The van der Waals surface area contributed by atoms with E-state index in [-0.39, 0.29) is 15.4 Å². The van der Waals surface area contributed by atoms with Gasteiger partial charge in [0.1, 0.15) is 0 Å². The number of fused-ring (bicyclic) bond motifs is 2. The molecule has 1 aliphatic heterocycles. The Balaban J connectivity index is 1.79. The Bertz CT molecular complexity index is 1260. The van der Waals surface area contributed by atoms with Crippen molar-refractivity contribution in [2.24, 2.45) is 5.73 Å². The molecule has 2 atom stereocenters. The monoisotopic (exact) mass is 481 g/mol. The number of halogens is 3. The molecule has 0 saturated carbocycles. The van der Waals surface area contributed by atoms with Gasteiger partial charge in [-0.1, -0.05) is 11.3 Å². The number of hydrogen-bond donors (Lipinski definition) is 4. The highest BCUT2D eigenvalue weighted by Crippen LogP contribution is 2.43. The Morgan fingerprint density at radius 2 is 2.03 bits per heavy atom. The molecule has 4 rings (SSSR count). The largest absolute Gasteiger partial charge is 0.478 e. The number of rotatable bonds is 6. The number of anilines is 3. The van der Waals surface area contributed by atoms with Crippen molar-refractivity contribution in [2.75, 3.05) is 29.7 Å². The standard InChI is InChI=1S/C20H18F3N5O4S/c1-28-13-6-3-9(17(30)31)7-12(13)26-20(28,15(32-2)16(24)29)27-18-25-11-5-4-10(19(21,22)23)8-14(11)33-18/h3-8,15,26H,1-2H3,(H2,24,29)(H,25,27)(H,30,31). The van der Waals surface area contributed by atoms with E-state index in [1.807, 2.05) is 0 Å². The molecule has 13 heteroatoms. The third kappa shape index (κ3) is 3.78. The van der Waals surface area contributed by atoms with Crippen molar-refractivity contribution in [3.63, 3.8) is 0 Å². The molecule has 1 aromatic heterocycles. The van der Waals surface area contributed by atoms with E-state index in [9.17, 15) is 27.9 Å². The number of carbonyl (C=O) groups is 2. The number of likely N-dealkylation sites (N-methyl/N-ethyl adjacent to an activating group) is 1. The quantitative estimate of drug-likeness (QED) is 0.423. The average molecular weight is 481 g/mol. The predicted molar refractivity (Wildman–Crippen MR) is 116 cm³/mol. The number of carboxylic acid groups (broad SMARTS) is 1. The van der Waals surface area contributed by atoms with Crippen LogP contribution in [-0.4, -0.2) is 48.0 Å². The molecule has 9 nitrogen and oxygen atoms in total. The lowest BCUT2D eigenvalue weighted by Gasteiger charge is -2.41. The summed E-state index contributed by atoms with van der Waals surface area (Å²) in [5.41, 5.74) is 6.03. The molecule has 174 valence electrons. The first-order valence-corrected chi connectivity index (χ1v) is 10.3. The maximum atomic E-state index is 13.1. The number of alkyl halides is 3. The Morgan fingerprint density at radius 1 is 1.30 bits per heavy atom. The summed E-state index contributed by atoms with van der Waals surface area (Å²) in [7, 11) is 2.89. The van der Waals surface area contributed by atoms with Crippen LogP contribution in [0, 0.1) is 0 Å². The van der Waals surface area contributed by atoms with Crippen molar-refractivity contribution >= 4 is 49.9 Å². The van der Waals surface area contributed by atoms with Gasteiger partial charge in [-0.25, -0.2) is 9.78 Å². The van der Waals surface area contributed by atoms with Crippen LogP contribution in [0.1, 0.15) is 15.9 Å². The van der Waals surface area contributed by atoms with Crippen molar-refractivity contribution in [3.05, 3.63) is 47.5 Å². The lowest BCUT2D eigenvalue weighted by molar-refractivity contribution is -0.137. The fourth-order valence-corrected chi connectivity index (χ4v) is 4.74. The van der Waals surface area contributed by atoms with Crippen molar-refractivity contribution in [1.29, 1.82) is 0 Å². The number of hydrogen-bond acceptors (Lipinski definition) is 8. The Hall–Kier alpha value is -3.58. The van der Waals surface area contributed by atoms with Crippen molar-refractivity contribution in [3.8, 4) is 0 Å². The Kier molecular flexibility index (Phi) is 5.33. The molecule has 1 amide bonds. The minimum Gasteiger partial charge on any atom is -0.478 e. The van der Waals surface area contributed by atoms with Gasteiger partial charge in [0.25, 0.3) is 5.91 Å². The Labute approximate surface area is 189 Å². The molecule has 2 unspecified atom stereocenters. The van der Waals surface area contributed by atoms with Crippen LogP contribution in [0.4, 0.5) is 29.7 Å². The van der Waals surface area contributed by atoms with Gasteiger partial charge in [0, 0.05) is 14.2 Å². The number of nitrogens with two attached hydrogens (primary N) is 1. The second-order valence-electron chi connectivity index (χ2n) is 7.33. The summed E-state index contributed by atoms with van der Waals surface area (Å²) >= 11 is 0.951. The van der Waals surface area contributed by atoms with E-state index in [1.165, 1.54) is 25.3 Å². The number of carboxylic acids is 1. The van der Waals surface area contributed by atoms with E-state index in [4.69, 9.17) is 10.5 Å². The zero-order valence-corrected chi connectivity index (χ0v) is 18.0. The normalized spacial score (nSPS) is 18.6. The highest BCUT2D eigenvalue weighted by molar-refractivity contribution is 7.22. The highest BCUT2D eigenvalue weighted by Gasteiger charge is 2.52. The summed E-state index contributed by atoms with van der Waals surface area (Å²) in [5.74, 6) is -3.52. The van der Waals surface area contributed by atoms with E-state index in [0.29, 0.717) is 16.9 Å². The summed E-state index contributed by atoms with van der Waals surface area (Å²) in [6.45, 7) is 0. The van der Waals surface area contributed by atoms with E-state index >= 15 is 0 Å². The summed E-state index contributed by atoms with van der Waals surface area (Å²) in [6.07, 6.45) is -5.81. The van der Waals surface area contributed by atoms with Crippen LogP contribution in [0.5, 0.6) is 0 Å². The number of ether oxygens (including phenoxy) is 1. The highest BCUT2D eigenvalue weighted by atomic mass is 32.1. The van der Waals surface area contributed by atoms with Crippen molar-refractivity contribution in [2.45, 2.75) is 18.1 Å². The first-order valence-electron chi connectivity index (χ1n) is 9.43. The lowest BCUT2D eigenvalue weighted by atomic mass is 10.1. The lowest BCUT2D eigenvalue weighted by Crippen LogP contribution is -2.67. The number of methoxy groups -OCH3 is 1. The van der Waals surface area contributed by atoms with Gasteiger partial charge in [0.15, 0.2) is 11.2 Å². The van der Waals surface area contributed by atoms with Gasteiger partial charge in [-0.05, 0) is 36.4 Å². The molecule has 0 spiro atoms. The van der Waals surface area contributed by atoms with Gasteiger partial charge < -0.3 is 31.1 Å². The van der Waals surface area contributed by atoms with E-state index in [2.05, 4.69) is 15.6 Å². The summed E-state index contributed by atoms with van der Waals surface area (Å²) in [5, 5.41) is 15.6. The van der Waals surface area contributed by atoms with Crippen LogP contribution in [0.2, 0.25) is 0 Å². The minimum atomic E-state index is -4.50. The van der Waals surface area contributed by atoms with Gasteiger partial charge in [0.2, 0.25) is 5.79 Å². The zero-order valence-electron chi connectivity index (χ0n) is 17.2. The SMILES string of the molecule is COC(C(N)=O)C1(Nc2nc3ccc(C(F)(F)F)cc3s2)Nc2cc(C(=O)O)ccc2N1C. The number of thiazole rings is 1. The smallest absolute Gasteiger partial charge is 0.416 e. The molecule has 33 heavy (non-hydrogen) atoms.